The molecule has 1 N–H and O–H groups in total. The lowest BCUT2D eigenvalue weighted by atomic mass is 10.1. The molecule has 7 nitrogen and oxygen atoms in total. The number of rotatable bonds is 9. The van der Waals surface area contributed by atoms with Crippen LogP contribution < -0.4 is 20.3 Å². The first kappa shape index (κ1) is 23.8. The van der Waals surface area contributed by atoms with Crippen LogP contribution in [0.25, 0.3) is 11.3 Å². The number of nitrogens with zero attached hydrogens (tertiary/aromatic N) is 2. The van der Waals surface area contributed by atoms with Crippen LogP contribution in [0.15, 0.2) is 65.5 Å². The molecule has 1 heterocycles. The molecule has 3 rings (SSSR count). The molecule has 0 saturated heterocycles. The summed E-state index contributed by atoms with van der Waals surface area (Å²) in [7, 11) is 0. The molecule has 3 aromatic rings. The van der Waals surface area contributed by atoms with Gasteiger partial charge < -0.3 is 14.8 Å². The highest BCUT2D eigenvalue weighted by molar-refractivity contribution is 5.75. The van der Waals surface area contributed by atoms with Crippen LogP contribution in [-0.2, 0) is 17.5 Å². The number of carbonyl (C=O) groups excluding carboxylic acids is 1. The zero-order chi connectivity index (χ0) is 23.8. The van der Waals surface area contributed by atoms with Gasteiger partial charge in [0.05, 0.1) is 24.4 Å². The molecule has 0 atom stereocenters. The molecule has 1 aromatic heterocycles. The minimum absolute atomic E-state index is 0.0401. The van der Waals surface area contributed by atoms with Gasteiger partial charge in [-0.3, -0.25) is 9.59 Å². The maximum atomic E-state index is 12.7. The molecule has 0 aliphatic heterocycles. The number of benzene rings is 2. The molecule has 1 amide bonds. The average molecular weight is 461 g/mol. The third-order valence-corrected chi connectivity index (χ3v) is 4.48. The predicted octanol–water partition coefficient (Wildman–Crippen LogP) is 3.52. The molecule has 0 unspecified atom stereocenters. The number of amides is 1. The van der Waals surface area contributed by atoms with Gasteiger partial charge in [0.2, 0.25) is 5.91 Å². The number of carbonyl (C=O) groups is 1. The summed E-state index contributed by atoms with van der Waals surface area (Å²) in [4.78, 5) is 24.3. The molecule has 0 spiro atoms. The van der Waals surface area contributed by atoms with Crippen molar-refractivity contribution in [2.24, 2.45) is 0 Å². The second-order valence-electron chi connectivity index (χ2n) is 6.90. The Morgan fingerprint density at radius 1 is 1.03 bits per heavy atom. The Balaban J connectivity index is 1.54. The number of nitrogens with one attached hydrogen (secondary N) is 1. The standard InChI is InChI=1S/C23H22F3N3O4/c1-2-32-18-8-6-16(7-9-18)20-10-11-22(31)29(28-20)15-21(30)27-12-13-33-19-5-3-4-17(14-19)23(24,25)26/h3-11,14H,2,12-13,15H2,1H3,(H,27,30). The summed E-state index contributed by atoms with van der Waals surface area (Å²) in [5.74, 6) is 0.266. The SMILES string of the molecule is CCOc1ccc(-c2ccc(=O)n(CC(=O)NCCOc3cccc(C(F)(F)F)c3)n2)cc1. The van der Waals surface area contributed by atoms with E-state index in [1.165, 1.54) is 18.2 Å². The number of halogens is 3. The lowest BCUT2D eigenvalue weighted by Gasteiger charge is -2.11. The monoisotopic (exact) mass is 461 g/mol. The molecule has 10 heteroatoms. The molecule has 0 fully saturated rings. The summed E-state index contributed by atoms with van der Waals surface area (Å²) in [6.45, 7) is 2.12. The van der Waals surface area contributed by atoms with Crippen molar-refractivity contribution < 1.29 is 27.4 Å². The molecule has 0 bridgehead atoms. The zero-order valence-corrected chi connectivity index (χ0v) is 17.8. The van der Waals surface area contributed by atoms with Crippen molar-refractivity contribution in [3.8, 4) is 22.8 Å². The van der Waals surface area contributed by atoms with Crippen molar-refractivity contribution in [2.45, 2.75) is 19.6 Å². The Hall–Kier alpha value is -3.82. The van der Waals surface area contributed by atoms with Crippen LogP contribution >= 0.6 is 0 Å². The average Bonchev–Trinajstić information content (AvgIpc) is 2.79. The first-order valence-electron chi connectivity index (χ1n) is 10.1. The molecular formula is C23H22F3N3O4. The van der Waals surface area contributed by atoms with Gasteiger partial charge in [-0.25, -0.2) is 4.68 Å². The summed E-state index contributed by atoms with van der Waals surface area (Å²) in [6.07, 6.45) is -4.46. The molecule has 33 heavy (non-hydrogen) atoms. The molecule has 174 valence electrons. The highest BCUT2D eigenvalue weighted by Gasteiger charge is 2.30. The van der Waals surface area contributed by atoms with Crippen molar-refractivity contribution in [2.75, 3.05) is 19.8 Å². The van der Waals surface area contributed by atoms with Gasteiger partial charge in [0.15, 0.2) is 0 Å². The second kappa shape index (κ2) is 10.7. The maximum absolute atomic E-state index is 12.7. The largest absolute Gasteiger partial charge is 0.494 e. The molecule has 0 aliphatic rings. The van der Waals surface area contributed by atoms with E-state index >= 15 is 0 Å². The lowest BCUT2D eigenvalue weighted by Crippen LogP contribution is -2.35. The Bertz CT molecular complexity index is 1140. The van der Waals surface area contributed by atoms with E-state index in [1.807, 2.05) is 6.92 Å². The zero-order valence-electron chi connectivity index (χ0n) is 17.8. The van der Waals surface area contributed by atoms with E-state index in [4.69, 9.17) is 9.47 Å². The van der Waals surface area contributed by atoms with E-state index in [2.05, 4.69) is 10.4 Å². The maximum Gasteiger partial charge on any atom is 0.416 e. The van der Waals surface area contributed by atoms with Gasteiger partial charge >= 0.3 is 6.18 Å². The van der Waals surface area contributed by atoms with Crippen LogP contribution in [0.3, 0.4) is 0 Å². The van der Waals surface area contributed by atoms with Gasteiger partial charge in [0.1, 0.15) is 24.7 Å². The van der Waals surface area contributed by atoms with Crippen molar-refractivity contribution in [1.82, 2.24) is 15.1 Å². The van der Waals surface area contributed by atoms with Crippen LogP contribution in [0.4, 0.5) is 13.2 Å². The van der Waals surface area contributed by atoms with E-state index in [9.17, 15) is 22.8 Å². The fourth-order valence-corrected chi connectivity index (χ4v) is 2.92. The van der Waals surface area contributed by atoms with Crippen molar-refractivity contribution >= 4 is 5.91 Å². The van der Waals surface area contributed by atoms with Gasteiger partial charge in [0.25, 0.3) is 5.56 Å². The number of hydrogen-bond donors (Lipinski definition) is 1. The van der Waals surface area contributed by atoms with Crippen LogP contribution in [0.1, 0.15) is 12.5 Å². The second-order valence-corrected chi connectivity index (χ2v) is 6.90. The number of aromatic nitrogens is 2. The normalized spacial score (nSPS) is 11.2. The highest BCUT2D eigenvalue weighted by Crippen LogP contribution is 2.31. The quantitative estimate of drug-likeness (QED) is 0.493. The number of ether oxygens (including phenoxy) is 2. The number of hydrogen-bond acceptors (Lipinski definition) is 5. The Morgan fingerprint density at radius 3 is 2.48 bits per heavy atom. The molecule has 0 saturated carbocycles. The van der Waals surface area contributed by atoms with Gasteiger partial charge in [-0.15, -0.1) is 0 Å². The lowest BCUT2D eigenvalue weighted by molar-refractivity contribution is -0.137. The minimum Gasteiger partial charge on any atom is -0.494 e. The number of alkyl halides is 3. The van der Waals surface area contributed by atoms with Crippen molar-refractivity contribution in [1.29, 1.82) is 0 Å². The Morgan fingerprint density at radius 2 is 1.79 bits per heavy atom. The first-order valence-corrected chi connectivity index (χ1v) is 10.1. The molecule has 0 aliphatic carbocycles. The molecule has 0 radical (unpaired) electrons. The van der Waals surface area contributed by atoms with Crippen molar-refractivity contribution in [3.05, 3.63) is 76.6 Å². The summed E-state index contributed by atoms with van der Waals surface area (Å²) in [5, 5.41) is 6.78. The van der Waals surface area contributed by atoms with E-state index in [0.717, 1.165) is 22.4 Å². The van der Waals surface area contributed by atoms with Crippen LogP contribution in [0.2, 0.25) is 0 Å². The van der Waals surface area contributed by atoms with Gasteiger partial charge in [-0.1, -0.05) is 6.07 Å². The topological polar surface area (TPSA) is 82.5 Å². The summed E-state index contributed by atoms with van der Waals surface area (Å²) >= 11 is 0. The van der Waals surface area contributed by atoms with Gasteiger partial charge in [0, 0.05) is 11.6 Å². The van der Waals surface area contributed by atoms with E-state index in [-0.39, 0.29) is 25.4 Å². The van der Waals surface area contributed by atoms with Gasteiger partial charge in [-0.05, 0) is 55.5 Å². The third kappa shape index (κ3) is 6.83. The van der Waals surface area contributed by atoms with Crippen LogP contribution in [-0.4, -0.2) is 35.4 Å². The van der Waals surface area contributed by atoms with E-state index < -0.39 is 23.2 Å². The van der Waals surface area contributed by atoms with Crippen molar-refractivity contribution in [3.63, 3.8) is 0 Å². The highest BCUT2D eigenvalue weighted by atomic mass is 19.4. The minimum atomic E-state index is -4.46. The fourth-order valence-electron chi connectivity index (χ4n) is 2.92. The fraction of sp³-hybridized carbons (Fsp3) is 0.261. The third-order valence-electron chi connectivity index (χ3n) is 4.48. The summed E-state index contributed by atoms with van der Waals surface area (Å²) in [6, 6.07) is 14.5. The smallest absolute Gasteiger partial charge is 0.416 e. The Kier molecular flexibility index (Phi) is 7.70. The van der Waals surface area contributed by atoms with Gasteiger partial charge in [-0.2, -0.15) is 18.3 Å². The molecular weight excluding hydrogens is 439 g/mol. The van der Waals surface area contributed by atoms with E-state index in [0.29, 0.717) is 18.1 Å². The predicted molar refractivity (Wildman–Crippen MR) is 115 cm³/mol. The summed E-state index contributed by atoms with van der Waals surface area (Å²) in [5.41, 5.74) is 0.00220. The Labute approximate surface area is 187 Å². The molecule has 2 aromatic carbocycles. The summed E-state index contributed by atoms with van der Waals surface area (Å²) < 4.78 is 49.9. The van der Waals surface area contributed by atoms with Crippen LogP contribution in [0.5, 0.6) is 11.5 Å². The first-order chi connectivity index (χ1) is 15.8. The van der Waals surface area contributed by atoms with Crippen LogP contribution in [0, 0.1) is 0 Å². The van der Waals surface area contributed by atoms with E-state index in [1.54, 1.807) is 30.3 Å².